The van der Waals surface area contributed by atoms with Crippen LogP contribution in [0, 0.1) is 5.92 Å². The zero-order chi connectivity index (χ0) is 12.4. The van der Waals surface area contributed by atoms with Crippen molar-refractivity contribution in [1.82, 2.24) is 4.90 Å². The molecule has 0 radical (unpaired) electrons. The van der Waals surface area contributed by atoms with E-state index >= 15 is 0 Å². The van der Waals surface area contributed by atoms with Crippen molar-refractivity contribution in [3.63, 3.8) is 0 Å². The lowest BCUT2D eigenvalue weighted by atomic mass is 10.1. The molecule has 0 aromatic rings. The molecule has 17 heavy (non-hydrogen) atoms. The zero-order valence-corrected chi connectivity index (χ0v) is 10.3. The molecule has 2 heterocycles. The number of esters is 1. The van der Waals surface area contributed by atoms with Crippen LogP contribution in [0.15, 0.2) is 4.99 Å². The first-order chi connectivity index (χ1) is 8.15. The van der Waals surface area contributed by atoms with Gasteiger partial charge in [0.1, 0.15) is 6.04 Å². The molecule has 2 rings (SSSR count). The number of fused-ring (bicyclic) bond motifs is 1. The lowest BCUT2D eigenvalue weighted by Crippen LogP contribution is -2.48. The van der Waals surface area contributed by atoms with Gasteiger partial charge in [-0.3, -0.25) is 9.79 Å². The molecule has 0 N–H and O–H groups in total. The smallest absolute Gasteiger partial charge is 0.328 e. The van der Waals surface area contributed by atoms with Crippen LogP contribution in [0.4, 0.5) is 0 Å². The molecule has 5 heteroatoms. The van der Waals surface area contributed by atoms with E-state index in [1.807, 2.05) is 13.1 Å². The summed E-state index contributed by atoms with van der Waals surface area (Å²) in [6, 6.07) is -0.287. The molecular formula is C12H18N2O3. The summed E-state index contributed by atoms with van der Waals surface area (Å²) in [5, 5.41) is 0. The molecule has 0 aliphatic carbocycles. The second-order valence-corrected chi connectivity index (χ2v) is 4.70. The molecule has 94 valence electrons. The van der Waals surface area contributed by atoms with Crippen LogP contribution in [0.5, 0.6) is 0 Å². The summed E-state index contributed by atoms with van der Waals surface area (Å²) in [5.41, 5.74) is 0. The summed E-state index contributed by atoms with van der Waals surface area (Å²) in [6.45, 7) is 2.37. The number of hydrogen-bond donors (Lipinski definition) is 0. The highest BCUT2D eigenvalue weighted by Gasteiger charge is 2.42. The molecule has 0 spiro atoms. The maximum absolute atomic E-state index is 12.3. The van der Waals surface area contributed by atoms with E-state index in [9.17, 15) is 9.59 Å². The third-order valence-corrected chi connectivity index (χ3v) is 3.54. The Morgan fingerprint density at radius 2 is 2.29 bits per heavy atom. The number of rotatable bonds is 1. The van der Waals surface area contributed by atoms with Gasteiger partial charge in [-0.25, -0.2) is 4.79 Å². The van der Waals surface area contributed by atoms with Gasteiger partial charge in [-0.15, -0.1) is 0 Å². The topological polar surface area (TPSA) is 59.0 Å². The minimum Gasteiger partial charge on any atom is -0.467 e. The molecule has 3 atom stereocenters. The summed E-state index contributed by atoms with van der Waals surface area (Å²) >= 11 is 0. The van der Waals surface area contributed by atoms with Gasteiger partial charge >= 0.3 is 5.97 Å². The lowest BCUT2D eigenvalue weighted by molar-refractivity contribution is -0.153. The second-order valence-electron chi connectivity index (χ2n) is 4.70. The van der Waals surface area contributed by atoms with Gasteiger partial charge in [0.25, 0.3) is 0 Å². The lowest BCUT2D eigenvalue weighted by Gasteiger charge is -2.31. The first-order valence-electron chi connectivity index (χ1n) is 6.03. The van der Waals surface area contributed by atoms with Crippen molar-refractivity contribution in [3.8, 4) is 0 Å². The van der Waals surface area contributed by atoms with Gasteiger partial charge in [-0.1, -0.05) is 6.92 Å². The van der Waals surface area contributed by atoms with E-state index in [1.54, 1.807) is 4.90 Å². The average molecular weight is 238 g/mol. The highest BCUT2D eigenvalue weighted by atomic mass is 16.5. The summed E-state index contributed by atoms with van der Waals surface area (Å²) in [5.74, 6) is -0.426. The van der Waals surface area contributed by atoms with Gasteiger partial charge < -0.3 is 9.64 Å². The van der Waals surface area contributed by atoms with E-state index in [4.69, 9.17) is 4.74 Å². The Kier molecular flexibility index (Phi) is 3.45. The van der Waals surface area contributed by atoms with Crippen molar-refractivity contribution in [3.05, 3.63) is 0 Å². The Balaban J connectivity index is 2.24. The molecule has 2 aliphatic rings. The van der Waals surface area contributed by atoms with Crippen molar-refractivity contribution in [2.24, 2.45) is 10.9 Å². The molecule has 2 aliphatic heterocycles. The average Bonchev–Trinajstić information content (AvgIpc) is 2.74. The SMILES string of the molecule is COC(=O)[C@@H]1CC[C@@H]2C/C=N\C[C@H](C)C(=O)N21. The number of methoxy groups -OCH3 is 1. The van der Waals surface area contributed by atoms with Gasteiger partial charge in [-0.05, 0) is 12.8 Å². The predicted octanol–water partition coefficient (Wildman–Crippen LogP) is 0.630. The van der Waals surface area contributed by atoms with Crippen LogP contribution in [0.3, 0.4) is 0 Å². The maximum atomic E-state index is 12.3. The monoisotopic (exact) mass is 238 g/mol. The van der Waals surface area contributed by atoms with Gasteiger partial charge in [0.15, 0.2) is 0 Å². The fourth-order valence-electron chi connectivity index (χ4n) is 2.58. The van der Waals surface area contributed by atoms with Crippen molar-refractivity contribution in [2.45, 2.75) is 38.3 Å². The minimum absolute atomic E-state index is 0.0275. The molecular weight excluding hydrogens is 220 g/mol. The van der Waals surface area contributed by atoms with E-state index in [2.05, 4.69) is 4.99 Å². The van der Waals surface area contributed by atoms with Crippen LogP contribution in [0.25, 0.3) is 0 Å². The standard InChI is InChI=1S/C12H18N2O3/c1-8-7-13-6-5-9-3-4-10(12(16)17-2)14(9)11(8)15/h6,8-10H,3-5,7H2,1-2H3/b13-6-/t8-,9+,10-/m0/s1. The molecule has 0 aromatic carbocycles. The molecule has 0 saturated carbocycles. The minimum atomic E-state index is -0.397. The highest BCUT2D eigenvalue weighted by Crippen LogP contribution is 2.29. The third-order valence-electron chi connectivity index (χ3n) is 3.54. The molecule has 0 unspecified atom stereocenters. The number of amides is 1. The quantitative estimate of drug-likeness (QED) is 0.629. The number of hydrogen-bond acceptors (Lipinski definition) is 4. The van der Waals surface area contributed by atoms with E-state index in [1.165, 1.54) is 7.11 Å². The van der Waals surface area contributed by atoms with Crippen LogP contribution < -0.4 is 0 Å². The second kappa shape index (κ2) is 4.85. The number of carbonyl (C=O) groups is 2. The van der Waals surface area contributed by atoms with Gasteiger partial charge in [0.05, 0.1) is 13.0 Å². The van der Waals surface area contributed by atoms with Gasteiger partial charge in [-0.2, -0.15) is 0 Å². The van der Waals surface area contributed by atoms with Crippen molar-refractivity contribution < 1.29 is 14.3 Å². The summed E-state index contributed by atoms with van der Waals surface area (Å²) in [7, 11) is 1.37. The third kappa shape index (κ3) is 2.18. The van der Waals surface area contributed by atoms with E-state index < -0.39 is 6.04 Å². The summed E-state index contributed by atoms with van der Waals surface area (Å²) in [4.78, 5) is 29.9. The maximum Gasteiger partial charge on any atom is 0.328 e. The fraction of sp³-hybridized carbons (Fsp3) is 0.750. The molecule has 5 nitrogen and oxygen atoms in total. The normalized spacial score (nSPS) is 34.8. The zero-order valence-electron chi connectivity index (χ0n) is 10.3. The Morgan fingerprint density at radius 3 is 3.00 bits per heavy atom. The van der Waals surface area contributed by atoms with Crippen molar-refractivity contribution >= 4 is 18.1 Å². The van der Waals surface area contributed by atoms with E-state index in [0.29, 0.717) is 13.0 Å². The Hall–Kier alpha value is -1.39. The highest BCUT2D eigenvalue weighted by molar-refractivity contribution is 5.87. The molecule has 1 amide bonds. The number of aliphatic imine (C=N–C) groups is 1. The first-order valence-corrected chi connectivity index (χ1v) is 6.03. The molecule has 0 aromatic heterocycles. The van der Waals surface area contributed by atoms with Crippen LogP contribution in [-0.2, 0) is 14.3 Å². The number of carbonyl (C=O) groups excluding carboxylic acids is 2. The predicted molar refractivity (Wildman–Crippen MR) is 62.8 cm³/mol. The van der Waals surface area contributed by atoms with Crippen molar-refractivity contribution in [1.29, 1.82) is 0 Å². The van der Waals surface area contributed by atoms with Crippen LogP contribution in [-0.4, -0.2) is 48.7 Å². The van der Waals surface area contributed by atoms with Crippen LogP contribution in [0.2, 0.25) is 0 Å². The summed E-state index contributed by atoms with van der Waals surface area (Å²) < 4.78 is 4.77. The van der Waals surface area contributed by atoms with Gasteiger partial charge in [0, 0.05) is 25.2 Å². The first kappa shape index (κ1) is 12.1. The van der Waals surface area contributed by atoms with Crippen LogP contribution in [0.1, 0.15) is 26.2 Å². The Bertz CT molecular complexity index is 354. The number of nitrogens with zero attached hydrogens (tertiary/aromatic N) is 2. The fourth-order valence-corrected chi connectivity index (χ4v) is 2.58. The molecule has 1 saturated heterocycles. The van der Waals surface area contributed by atoms with Gasteiger partial charge in [0.2, 0.25) is 5.91 Å². The van der Waals surface area contributed by atoms with Crippen LogP contribution >= 0.6 is 0 Å². The largest absolute Gasteiger partial charge is 0.467 e. The Labute approximate surface area is 101 Å². The number of ether oxygens (including phenoxy) is 1. The van der Waals surface area contributed by atoms with Crippen molar-refractivity contribution in [2.75, 3.05) is 13.7 Å². The van der Waals surface area contributed by atoms with E-state index in [-0.39, 0.29) is 23.8 Å². The Morgan fingerprint density at radius 1 is 1.53 bits per heavy atom. The molecule has 0 bridgehead atoms. The molecule has 1 fully saturated rings. The van der Waals surface area contributed by atoms with E-state index in [0.717, 1.165) is 12.8 Å². The summed E-state index contributed by atoms with van der Waals surface area (Å²) in [6.07, 6.45) is 4.17.